The Balaban J connectivity index is 1.75. The number of aryl methyl sites for hydroxylation is 1. The number of rotatable bonds is 4. The van der Waals surface area contributed by atoms with E-state index in [2.05, 4.69) is 35.5 Å². The highest BCUT2D eigenvalue weighted by Crippen LogP contribution is 2.28. The molecule has 0 fully saturated rings. The molecular weight excluding hydrogens is 388 g/mol. The summed E-state index contributed by atoms with van der Waals surface area (Å²) >= 11 is 5.76. The molecule has 0 amide bonds. The first kappa shape index (κ1) is 17.8. The van der Waals surface area contributed by atoms with E-state index in [1.165, 1.54) is 10.9 Å². The van der Waals surface area contributed by atoms with E-state index < -0.39 is 17.4 Å². The van der Waals surface area contributed by atoms with Crippen molar-refractivity contribution in [3.8, 4) is 17.1 Å². The molecule has 0 bridgehead atoms. The zero-order chi connectivity index (χ0) is 19.8. The molecule has 0 unspecified atom stereocenters. The van der Waals surface area contributed by atoms with Crippen LogP contribution in [0.1, 0.15) is 18.7 Å². The third-order valence-electron chi connectivity index (χ3n) is 4.00. The minimum Gasteiger partial charge on any atom is -0.467 e. The van der Waals surface area contributed by atoms with Crippen LogP contribution in [0, 0.1) is 0 Å². The summed E-state index contributed by atoms with van der Waals surface area (Å²) in [5.74, 6) is 0.291. The maximum absolute atomic E-state index is 12.0. The summed E-state index contributed by atoms with van der Waals surface area (Å²) in [6.07, 6.45) is 0.816. The van der Waals surface area contributed by atoms with Gasteiger partial charge in [-0.15, -0.1) is 20.4 Å². The quantitative estimate of drug-likeness (QED) is 0.516. The highest BCUT2D eigenvalue weighted by molar-refractivity contribution is 6.29. The van der Waals surface area contributed by atoms with Gasteiger partial charge in [0, 0.05) is 13.2 Å². The van der Waals surface area contributed by atoms with Gasteiger partial charge in [-0.1, -0.05) is 11.6 Å². The number of aromatic nitrogens is 8. The summed E-state index contributed by atoms with van der Waals surface area (Å²) in [6.45, 7) is 1.79. The molecule has 4 aromatic rings. The van der Waals surface area contributed by atoms with E-state index >= 15 is 0 Å². The highest BCUT2D eigenvalue weighted by Gasteiger charge is 2.18. The van der Waals surface area contributed by atoms with E-state index in [4.69, 9.17) is 16.3 Å². The average Bonchev–Trinajstić information content (AvgIpc) is 2.97. The van der Waals surface area contributed by atoms with Crippen LogP contribution in [0.5, 0.6) is 5.88 Å². The SMILES string of the molecule is C[C@H](Oc1nn(C)c2nnc(-c3c[nH]c(=O)[nH]c3=O)cc12)c1ccc(Cl)nn1. The van der Waals surface area contributed by atoms with Crippen LogP contribution in [-0.2, 0) is 7.05 Å². The van der Waals surface area contributed by atoms with Crippen molar-refractivity contribution < 1.29 is 4.74 Å². The second kappa shape index (κ2) is 6.85. The lowest BCUT2D eigenvalue weighted by atomic mass is 10.2. The summed E-state index contributed by atoms with van der Waals surface area (Å²) < 4.78 is 7.44. The highest BCUT2D eigenvalue weighted by atomic mass is 35.5. The number of fused-ring (bicyclic) bond motifs is 1. The van der Waals surface area contributed by atoms with Crippen molar-refractivity contribution in [2.45, 2.75) is 13.0 Å². The summed E-state index contributed by atoms with van der Waals surface area (Å²) in [5.41, 5.74) is 0.290. The van der Waals surface area contributed by atoms with Crippen molar-refractivity contribution in [2.75, 3.05) is 0 Å². The third kappa shape index (κ3) is 3.22. The average molecular weight is 401 g/mol. The zero-order valence-corrected chi connectivity index (χ0v) is 15.4. The van der Waals surface area contributed by atoms with Crippen LogP contribution < -0.4 is 16.0 Å². The molecule has 0 saturated carbocycles. The van der Waals surface area contributed by atoms with Crippen molar-refractivity contribution >= 4 is 22.6 Å². The van der Waals surface area contributed by atoms with E-state index in [-0.39, 0.29) is 16.4 Å². The molecule has 4 heterocycles. The molecule has 1 atom stereocenters. The molecule has 0 saturated heterocycles. The zero-order valence-electron chi connectivity index (χ0n) is 14.7. The van der Waals surface area contributed by atoms with Crippen molar-refractivity contribution in [1.82, 2.24) is 40.1 Å². The molecular formula is C16H13ClN8O3. The van der Waals surface area contributed by atoms with E-state index in [1.807, 2.05) is 0 Å². The molecule has 4 rings (SSSR count). The second-order valence-corrected chi connectivity index (χ2v) is 6.31. The fourth-order valence-corrected chi connectivity index (χ4v) is 2.71. The number of hydrogen-bond acceptors (Lipinski definition) is 8. The number of nitrogens with zero attached hydrogens (tertiary/aromatic N) is 6. The lowest BCUT2D eigenvalue weighted by Gasteiger charge is -2.11. The summed E-state index contributed by atoms with van der Waals surface area (Å²) in [5, 5.41) is 21.1. The number of ether oxygens (including phenoxy) is 1. The van der Waals surface area contributed by atoms with Gasteiger partial charge in [0.2, 0.25) is 5.88 Å². The first-order valence-electron chi connectivity index (χ1n) is 8.11. The Morgan fingerprint density at radius 1 is 1.18 bits per heavy atom. The monoisotopic (exact) mass is 400 g/mol. The number of nitrogens with one attached hydrogen (secondary N) is 2. The third-order valence-corrected chi connectivity index (χ3v) is 4.21. The lowest BCUT2D eigenvalue weighted by molar-refractivity contribution is 0.212. The van der Waals surface area contributed by atoms with Crippen LogP contribution in [0.25, 0.3) is 22.3 Å². The standard InChI is InChI=1S/C16H13ClN8O3/c1-7(10-3-4-12(17)22-20-10)28-15-8-5-11(21-23-13(8)25(2)24-15)9-6-18-16(27)19-14(9)26/h3-7H,1-2H3,(H2,18,19,26,27)/t7-/m0/s1. The summed E-state index contributed by atoms with van der Waals surface area (Å²) in [7, 11) is 1.70. The van der Waals surface area contributed by atoms with Crippen LogP contribution in [0.3, 0.4) is 0 Å². The van der Waals surface area contributed by atoms with Crippen molar-refractivity contribution in [2.24, 2.45) is 7.05 Å². The van der Waals surface area contributed by atoms with Crippen molar-refractivity contribution in [3.05, 3.63) is 56.1 Å². The number of aromatic amines is 2. The Labute approximate surface area is 161 Å². The van der Waals surface area contributed by atoms with Gasteiger partial charge in [-0.2, -0.15) is 5.10 Å². The predicted molar refractivity (Wildman–Crippen MR) is 99.1 cm³/mol. The normalized spacial score (nSPS) is 12.2. The van der Waals surface area contributed by atoms with Crippen molar-refractivity contribution in [3.63, 3.8) is 0 Å². The summed E-state index contributed by atoms with van der Waals surface area (Å²) in [4.78, 5) is 27.8. The molecule has 0 aromatic carbocycles. The van der Waals surface area contributed by atoms with E-state index in [0.29, 0.717) is 22.6 Å². The maximum atomic E-state index is 12.0. The Morgan fingerprint density at radius 3 is 2.71 bits per heavy atom. The van der Waals surface area contributed by atoms with Crippen molar-refractivity contribution in [1.29, 1.82) is 0 Å². The minimum absolute atomic E-state index is 0.167. The van der Waals surface area contributed by atoms with Crippen LogP contribution >= 0.6 is 11.6 Å². The smallest absolute Gasteiger partial charge is 0.325 e. The van der Waals surface area contributed by atoms with E-state index in [0.717, 1.165) is 0 Å². The molecule has 0 aliphatic heterocycles. The summed E-state index contributed by atoms with van der Waals surface area (Å²) in [6, 6.07) is 4.94. The Bertz CT molecular complexity index is 1280. The second-order valence-electron chi connectivity index (χ2n) is 5.92. The van der Waals surface area contributed by atoms with Gasteiger partial charge in [0.1, 0.15) is 17.5 Å². The molecule has 0 aliphatic rings. The topological polar surface area (TPSA) is 144 Å². The lowest BCUT2D eigenvalue weighted by Crippen LogP contribution is -2.22. The molecule has 0 spiro atoms. The van der Waals surface area contributed by atoms with Crippen LogP contribution in [0.4, 0.5) is 0 Å². The molecule has 28 heavy (non-hydrogen) atoms. The molecule has 11 nitrogen and oxygen atoms in total. The van der Waals surface area contributed by atoms with Gasteiger partial charge in [-0.3, -0.25) is 9.78 Å². The molecule has 0 aliphatic carbocycles. The van der Waals surface area contributed by atoms with E-state index in [1.54, 1.807) is 32.2 Å². The molecule has 4 aromatic heterocycles. The van der Waals surface area contributed by atoms with Gasteiger partial charge < -0.3 is 9.72 Å². The Morgan fingerprint density at radius 2 is 2.00 bits per heavy atom. The minimum atomic E-state index is -0.605. The molecule has 12 heteroatoms. The van der Waals surface area contributed by atoms with Gasteiger partial charge in [-0.25, -0.2) is 9.48 Å². The van der Waals surface area contributed by atoms with Crippen LogP contribution in [0.15, 0.2) is 34.0 Å². The van der Waals surface area contributed by atoms with Gasteiger partial charge in [0.05, 0.1) is 10.9 Å². The molecule has 2 N–H and O–H groups in total. The fourth-order valence-electron chi connectivity index (χ4n) is 2.61. The molecule has 142 valence electrons. The fraction of sp³-hybridized carbons (Fsp3) is 0.188. The Hall–Kier alpha value is -3.60. The van der Waals surface area contributed by atoms with E-state index in [9.17, 15) is 9.59 Å². The number of H-pyrrole nitrogens is 2. The molecule has 0 radical (unpaired) electrons. The largest absolute Gasteiger partial charge is 0.467 e. The van der Waals surface area contributed by atoms with Crippen LogP contribution in [-0.4, -0.2) is 40.1 Å². The first-order chi connectivity index (χ1) is 13.4. The first-order valence-corrected chi connectivity index (χ1v) is 8.49. The van der Waals surface area contributed by atoms with Gasteiger partial charge >= 0.3 is 5.69 Å². The van der Waals surface area contributed by atoms with Gasteiger partial charge in [-0.05, 0) is 25.1 Å². The number of hydrogen-bond donors (Lipinski definition) is 2. The van der Waals surface area contributed by atoms with Crippen LogP contribution in [0.2, 0.25) is 5.15 Å². The van der Waals surface area contributed by atoms with Gasteiger partial charge in [0.15, 0.2) is 10.8 Å². The number of halogens is 1. The maximum Gasteiger partial charge on any atom is 0.325 e. The predicted octanol–water partition coefficient (Wildman–Crippen LogP) is 0.990. The Kier molecular flexibility index (Phi) is 4.35. The van der Waals surface area contributed by atoms with Gasteiger partial charge in [0.25, 0.3) is 5.56 Å².